The first-order chi connectivity index (χ1) is 12.7. The molecule has 0 saturated carbocycles. The Labute approximate surface area is 155 Å². The van der Waals surface area contributed by atoms with Crippen molar-refractivity contribution in [2.45, 2.75) is 12.5 Å². The number of carbonyl (C=O) groups is 1. The van der Waals surface area contributed by atoms with Gasteiger partial charge in [-0.05, 0) is 60.2 Å². The van der Waals surface area contributed by atoms with Crippen molar-refractivity contribution < 1.29 is 14.3 Å². The fraction of sp³-hybridized carbons (Fsp3) is 0.100. The van der Waals surface area contributed by atoms with Crippen LogP contribution in [0.2, 0.25) is 5.02 Å². The summed E-state index contributed by atoms with van der Waals surface area (Å²) in [6.07, 6.45) is 3.27. The second-order valence-electron chi connectivity index (χ2n) is 5.86. The molecule has 3 aromatic rings. The molecule has 130 valence electrons. The van der Waals surface area contributed by atoms with Gasteiger partial charge in [0.05, 0.1) is 0 Å². The van der Waals surface area contributed by atoms with Crippen LogP contribution in [0.3, 0.4) is 0 Å². The lowest BCUT2D eigenvalue weighted by Gasteiger charge is -2.12. The predicted octanol–water partition coefficient (Wildman–Crippen LogP) is 4.47. The molecule has 0 aliphatic carbocycles. The zero-order valence-electron chi connectivity index (χ0n) is 13.7. The highest BCUT2D eigenvalue weighted by atomic mass is 35.5. The first kappa shape index (κ1) is 16.4. The van der Waals surface area contributed by atoms with Gasteiger partial charge in [0.25, 0.3) is 5.91 Å². The summed E-state index contributed by atoms with van der Waals surface area (Å²) in [6, 6.07) is 16.1. The van der Waals surface area contributed by atoms with Gasteiger partial charge in [-0.15, -0.1) is 0 Å². The maximum Gasteiger partial charge on any atom is 0.265 e. The van der Waals surface area contributed by atoms with Gasteiger partial charge in [-0.25, -0.2) is 0 Å². The van der Waals surface area contributed by atoms with Crippen LogP contribution in [0.5, 0.6) is 17.2 Å². The highest BCUT2D eigenvalue weighted by Crippen LogP contribution is 2.31. The number of hydrogen-bond acceptors (Lipinski definition) is 4. The van der Waals surface area contributed by atoms with Crippen molar-refractivity contribution in [2.24, 2.45) is 0 Å². The molecular weight excluding hydrogens is 352 g/mol. The Balaban J connectivity index is 1.38. The molecule has 5 nitrogen and oxygen atoms in total. The number of carbonyl (C=O) groups excluding carboxylic acids is 1. The average molecular weight is 367 g/mol. The van der Waals surface area contributed by atoms with Gasteiger partial charge in [0.2, 0.25) is 0 Å². The van der Waals surface area contributed by atoms with E-state index in [9.17, 15) is 4.79 Å². The summed E-state index contributed by atoms with van der Waals surface area (Å²) in [6.45, 7) is 0. The maximum atomic E-state index is 12.4. The zero-order chi connectivity index (χ0) is 17.9. The van der Waals surface area contributed by atoms with E-state index in [0.717, 1.165) is 5.56 Å². The molecule has 1 aromatic heterocycles. The van der Waals surface area contributed by atoms with Crippen molar-refractivity contribution in [3.05, 3.63) is 77.6 Å². The number of pyridine rings is 1. The van der Waals surface area contributed by atoms with Gasteiger partial charge >= 0.3 is 0 Å². The Morgan fingerprint density at radius 2 is 1.81 bits per heavy atom. The highest BCUT2D eigenvalue weighted by molar-refractivity contribution is 6.30. The van der Waals surface area contributed by atoms with Crippen LogP contribution in [0.4, 0.5) is 5.69 Å². The molecule has 1 aliphatic heterocycles. The number of fused-ring (bicyclic) bond motifs is 1. The highest BCUT2D eigenvalue weighted by Gasteiger charge is 2.29. The minimum absolute atomic E-state index is 0.194. The van der Waals surface area contributed by atoms with Gasteiger partial charge in [0.15, 0.2) is 6.10 Å². The lowest BCUT2D eigenvalue weighted by Crippen LogP contribution is -2.31. The number of benzene rings is 2. The number of halogens is 1. The first-order valence-electron chi connectivity index (χ1n) is 8.11. The topological polar surface area (TPSA) is 60.5 Å². The summed E-state index contributed by atoms with van der Waals surface area (Å²) in [5, 5.41) is 3.50. The van der Waals surface area contributed by atoms with Crippen LogP contribution in [0.15, 0.2) is 67.0 Å². The Morgan fingerprint density at radius 1 is 1.08 bits per heavy atom. The average Bonchev–Trinajstić information content (AvgIpc) is 3.07. The summed E-state index contributed by atoms with van der Waals surface area (Å²) >= 11 is 5.98. The maximum absolute atomic E-state index is 12.4. The summed E-state index contributed by atoms with van der Waals surface area (Å²) in [5.74, 6) is 1.89. The molecule has 4 rings (SSSR count). The SMILES string of the molecule is O=C(Nc1ccc(Oc2ccncc2)cc1)C1Cc2cc(Cl)ccc2O1. The van der Waals surface area contributed by atoms with Gasteiger partial charge in [0.1, 0.15) is 17.2 Å². The molecule has 1 unspecified atom stereocenters. The second kappa shape index (κ2) is 7.06. The predicted molar refractivity (Wildman–Crippen MR) is 99.0 cm³/mol. The van der Waals surface area contributed by atoms with Crippen molar-refractivity contribution in [2.75, 3.05) is 5.32 Å². The van der Waals surface area contributed by atoms with E-state index in [4.69, 9.17) is 21.1 Å². The summed E-state index contributed by atoms with van der Waals surface area (Å²) in [5.41, 5.74) is 1.62. The fourth-order valence-electron chi connectivity index (χ4n) is 2.73. The van der Waals surface area contributed by atoms with E-state index >= 15 is 0 Å². The van der Waals surface area contributed by atoms with Crippen LogP contribution in [0.25, 0.3) is 0 Å². The van der Waals surface area contributed by atoms with E-state index in [1.54, 1.807) is 60.9 Å². The molecule has 1 amide bonds. The third-order valence-electron chi connectivity index (χ3n) is 4.00. The number of nitrogens with zero attached hydrogens (tertiary/aromatic N) is 1. The molecule has 1 N–H and O–H groups in total. The van der Waals surface area contributed by atoms with Crippen LogP contribution in [0.1, 0.15) is 5.56 Å². The standard InChI is InChI=1S/C20H15ClN2O3/c21-14-1-6-18-13(11-14)12-19(26-18)20(24)23-15-2-4-16(5-3-15)25-17-7-9-22-10-8-17/h1-11,19H,12H2,(H,23,24). The van der Waals surface area contributed by atoms with Crippen LogP contribution >= 0.6 is 11.6 Å². The number of rotatable bonds is 4. The Bertz CT molecular complexity index is 930. The van der Waals surface area contributed by atoms with E-state index < -0.39 is 6.10 Å². The molecule has 0 fully saturated rings. The number of hydrogen-bond donors (Lipinski definition) is 1. The molecule has 0 spiro atoms. The molecule has 0 saturated heterocycles. The third-order valence-corrected chi connectivity index (χ3v) is 4.23. The molecule has 2 aromatic carbocycles. The molecule has 0 radical (unpaired) electrons. The molecule has 0 bridgehead atoms. The van der Waals surface area contributed by atoms with Crippen molar-refractivity contribution in [3.8, 4) is 17.2 Å². The minimum Gasteiger partial charge on any atom is -0.480 e. The van der Waals surface area contributed by atoms with E-state index in [-0.39, 0.29) is 5.91 Å². The Morgan fingerprint density at radius 3 is 2.58 bits per heavy atom. The molecule has 6 heteroatoms. The quantitative estimate of drug-likeness (QED) is 0.740. The van der Waals surface area contributed by atoms with Gasteiger partial charge in [0, 0.05) is 29.5 Å². The van der Waals surface area contributed by atoms with Crippen LogP contribution in [-0.2, 0) is 11.2 Å². The third kappa shape index (κ3) is 3.63. The summed E-state index contributed by atoms with van der Waals surface area (Å²) < 4.78 is 11.4. The van der Waals surface area contributed by atoms with E-state index in [1.165, 1.54) is 0 Å². The van der Waals surface area contributed by atoms with Crippen LogP contribution in [-0.4, -0.2) is 17.0 Å². The van der Waals surface area contributed by atoms with Crippen molar-refractivity contribution >= 4 is 23.2 Å². The van der Waals surface area contributed by atoms with Gasteiger partial charge < -0.3 is 14.8 Å². The minimum atomic E-state index is -0.559. The van der Waals surface area contributed by atoms with Gasteiger partial charge in [-0.1, -0.05) is 11.6 Å². The number of aromatic nitrogens is 1. The summed E-state index contributed by atoms with van der Waals surface area (Å²) in [4.78, 5) is 16.4. The molecule has 1 aliphatic rings. The van der Waals surface area contributed by atoms with Gasteiger partial charge in [-0.2, -0.15) is 0 Å². The first-order valence-corrected chi connectivity index (χ1v) is 8.49. The molecule has 2 heterocycles. The number of amides is 1. The van der Waals surface area contributed by atoms with Crippen LogP contribution in [0, 0.1) is 0 Å². The summed E-state index contributed by atoms with van der Waals surface area (Å²) in [7, 11) is 0. The fourth-order valence-corrected chi connectivity index (χ4v) is 2.93. The van der Waals surface area contributed by atoms with E-state index in [1.807, 2.05) is 6.07 Å². The van der Waals surface area contributed by atoms with E-state index in [0.29, 0.717) is 34.4 Å². The Hall–Kier alpha value is -3.05. The van der Waals surface area contributed by atoms with Crippen molar-refractivity contribution in [1.29, 1.82) is 0 Å². The number of anilines is 1. The molecular formula is C20H15ClN2O3. The van der Waals surface area contributed by atoms with Crippen LogP contribution < -0.4 is 14.8 Å². The largest absolute Gasteiger partial charge is 0.480 e. The smallest absolute Gasteiger partial charge is 0.265 e. The Kier molecular flexibility index (Phi) is 4.46. The van der Waals surface area contributed by atoms with Crippen molar-refractivity contribution in [1.82, 2.24) is 4.98 Å². The number of ether oxygens (including phenoxy) is 2. The molecule has 1 atom stereocenters. The lowest BCUT2D eigenvalue weighted by molar-refractivity contribution is -0.122. The monoisotopic (exact) mass is 366 g/mol. The lowest BCUT2D eigenvalue weighted by atomic mass is 10.1. The number of nitrogens with one attached hydrogen (secondary N) is 1. The second-order valence-corrected chi connectivity index (χ2v) is 6.30. The van der Waals surface area contributed by atoms with Crippen molar-refractivity contribution in [3.63, 3.8) is 0 Å². The normalized spacial score (nSPS) is 15.0. The van der Waals surface area contributed by atoms with E-state index in [2.05, 4.69) is 10.3 Å². The molecule has 26 heavy (non-hydrogen) atoms. The zero-order valence-corrected chi connectivity index (χ0v) is 14.4. The van der Waals surface area contributed by atoms with Gasteiger partial charge in [-0.3, -0.25) is 9.78 Å².